The average Bonchev–Trinajstić information content (AvgIpc) is 2.74. The highest BCUT2D eigenvalue weighted by molar-refractivity contribution is 7.92. The van der Waals surface area contributed by atoms with Gasteiger partial charge in [0.25, 0.3) is 15.9 Å². The Bertz CT molecular complexity index is 956. The SMILES string of the molecule is COc1ccc(S(=O)(=O)Nc2ccc3c(c2)C(=O)N(C)CCO3)c(C)c1. The Labute approximate surface area is 152 Å². The van der Waals surface area contributed by atoms with Crippen molar-refractivity contribution in [2.24, 2.45) is 0 Å². The molecule has 1 amide bonds. The van der Waals surface area contributed by atoms with Crippen LogP contribution in [0.15, 0.2) is 41.3 Å². The maximum atomic E-state index is 12.7. The summed E-state index contributed by atoms with van der Waals surface area (Å²) >= 11 is 0. The van der Waals surface area contributed by atoms with E-state index in [4.69, 9.17) is 9.47 Å². The van der Waals surface area contributed by atoms with Gasteiger partial charge in [-0.25, -0.2) is 8.42 Å². The lowest BCUT2D eigenvalue weighted by Gasteiger charge is -2.14. The van der Waals surface area contributed by atoms with Crippen LogP contribution in [0.3, 0.4) is 0 Å². The first-order chi connectivity index (χ1) is 12.3. The summed E-state index contributed by atoms with van der Waals surface area (Å²) in [5, 5.41) is 0. The zero-order chi connectivity index (χ0) is 18.9. The number of carbonyl (C=O) groups is 1. The van der Waals surface area contributed by atoms with Crippen molar-refractivity contribution in [2.45, 2.75) is 11.8 Å². The summed E-state index contributed by atoms with van der Waals surface area (Å²) in [6.07, 6.45) is 0. The molecule has 1 aliphatic heterocycles. The van der Waals surface area contributed by atoms with Gasteiger partial charge in [-0.3, -0.25) is 9.52 Å². The molecule has 1 heterocycles. The first-order valence-corrected chi connectivity index (χ1v) is 9.50. The van der Waals surface area contributed by atoms with E-state index >= 15 is 0 Å². The van der Waals surface area contributed by atoms with Gasteiger partial charge in [-0.05, 0) is 48.9 Å². The minimum atomic E-state index is -3.81. The minimum Gasteiger partial charge on any atom is -0.497 e. The molecule has 138 valence electrons. The van der Waals surface area contributed by atoms with Crippen molar-refractivity contribution in [3.8, 4) is 11.5 Å². The molecule has 1 aliphatic rings. The molecule has 0 radical (unpaired) electrons. The third-order valence-corrected chi connectivity index (χ3v) is 5.71. The number of ether oxygens (including phenoxy) is 2. The van der Waals surface area contributed by atoms with E-state index in [1.165, 1.54) is 24.1 Å². The van der Waals surface area contributed by atoms with Gasteiger partial charge >= 0.3 is 0 Å². The van der Waals surface area contributed by atoms with Crippen LogP contribution >= 0.6 is 0 Å². The number of rotatable bonds is 4. The molecule has 0 fully saturated rings. The highest BCUT2D eigenvalue weighted by atomic mass is 32.2. The minimum absolute atomic E-state index is 0.146. The van der Waals surface area contributed by atoms with Gasteiger partial charge in [0.05, 0.1) is 24.1 Å². The summed E-state index contributed by atoms with van der Waals surface area (Å²) < 4.78 is 38.6. The summed E-state index contributed by atoms with van der Waals surface area (Å²) in [7, 11) is -0.607. The Morgan fingerprint density at radius 3 is 2.65 bits per heavy atom. The van der Waals surface area contributed by atoms with Crippen molar-refractivity contribution in [3.63, 3.8) is 0 Å². The van der Waals surface area contributed by atoms with Crippen molar-refractivity contribution in [1.29, 1.82) is 0 Å². The highest BCUT2D eigenvalue weighted by Gasteiger charge is 2.23. The van der Waals surface area contributed by atoms with Gasteiger partial charge in [-0.2, -0.15) is 0 Å². The lowest BCUT2D eigenvalue weighted by molar-refractivity contribution is 0.0796. The van der Waals surface area contributed by atoms with Gasteiger partial charge in [0.2, 0.25) is 0 Å². The second-order valence-electron chi connectivity index (χ2n) is 6.02. The van der Waals surface area contributed by atoms with Crippen molar-refractivity contribution in [3.05, 3.63) is 47.5 Å². The third kappa shape index (κ3) is 3.45. The number of methoxy groups -OCH3 is 1. The van der Waals surface area contributed by atoms with Crippen LogP contribution in [0.1, 0.15) is 15.9 Å². The zero-order valence-electron chi connectivity index (χ0n) is 14.8. The van der Waals surface area contributed by atoms with Crippen LogP contribution < -0.4 is 14.2 Å². The van der Waals surface area contributed by atoms with Crippen LogP contribution in [0.25, 0.3) is 0 Å². The Balaban J connectivity index is 1.94. The molecule has 7 nitrogen and oxygen atoms in total. The summed E-state index contributed by atoms with van der Waals surface area (Å²) in [5.41, 5.74) is 1.19. The third-order valence-electron chi connectivity index (χ3n) is 4.16. The van der Waals surface area contributed by atoms with Crippen LogP contribution in [0.5, 0.6) is 11.5 Å². The Hall–Kier alpha value is -2.74. The van der Waals surface area contributed by atoms with Crippen LogP contribution in [-0.4, -0.2) is 46.5 Å². The van der Waals surface area contributed by atoms with Crippen LogP contribution in [0.2, 0.25) is 0 Å². The maximum absolute atomic E-state index is 12.7. The predicted octanol–water partition coefficient (Wildman–Crippen LogP) is 2.27. The molecular weight excluding hydrogens is 356 g/mol. The van der Waals surface area contributed by atoms with Crippen molar-refractivity contribution in [2.75, 3.05) is 32.0 Å². The largest absolute Gasteiger partial charge is 0.497 e. The second-order valence-corrected chi connectivity index (χ2v) is 7.67. The molecule has 0 unspecified atom stereocenters. The lowest BCUT2D eigenvalue weighted by atomic mass is 10.1. The van der Waals surface area contributed by atoms with Crippen LogP contribution in [-0.2, 0) is 10.0 Å². The van der Waals surface area contributed by atoms with E-state index in [1.807, 2.05) is 0 Å². The number of fused-ring (bicyclic) bond motifs is 1. The van der Waals surface area contributed by atoms with Gasteiger partial charge in [0.15, 0.2) is 0 Å². The van der Waals surface area contributed by atoms with Gasteiger partial charge in [-0.15, -0.1) is 0 Å². The number of sulfonamides is 1. The summed E-state index contributed by atoms with van der Waals surface area (Å²) in [6.45, 7) is 2.56. The normalized spacial score (nSPS) is 14.3. The number of hydrogen-bond acceptors (Lipinski definition) is 5. The van der Waals surface area contributed by atoms with E-state index in [1.54, 1.807) is 38.2 Å². The fraction of sp³-hybridized carbons (Fsp3) is 0.278. The number of aryl methyl sites for hydroxylation is 1. The van der Waals surface area contributed by atoms with Crippen molar-refractivity contribution in [1.82, 2.24) is 4.90 Å². The molecule has 1 N–H and O–H groups in total. The number of amides is 1. The molecule has 2 aromatic carbocycles. The molecule has 2 aromatic rings. The van der Waals surface area contributed by atoms with Crippen LogP contribution in [0, 0.1) is 6.92 Å². The molecule has 0 bridgehead atoms. The number of anilines is 1. The molecule has 0 saturated carbocycles. The standard InChI is InChI=1S/C18H20N2O5S/c1-12-10-14(24-3)5-7-17(12)26(22,23)19-13-4-6-16-15(11-13)18(21)20(2)8-9-25-16/h4-7,10-11,19H,8-9H2,1-3H3. The van der Waals surface area contributed by atoms with Gasteiger partial charge in [-0.1, -0.05) is 0 Å². The van der Waals surface area contributed by atoms with Crippen molar-refractivity contribution < 1.29 is 22.7 Å². The van der Waals surface area contributed by atoms with Gasteiger partial charge < -0.3 is 14.4 Å². The Kier molecular flexibility index (Phi) is 4.78. The van der Waals surface area contributed by atoms with Crippen LogP contribution in [0.4, 0.5) is 5.69 Å². The topological polar surface area (TPSA) is 84.9 Å². The quantitative estimate of drug-likeness (QED) is 0.885. The molecule has 0 atom stereocenters. The first kappa shape index (κ1) is 18.1. The summed E-state index contributed by atoms with van der Waals surface area (Å²) in [4.78, 5) is 14.1. The van der Waals surface area contributed by atoms with E-state index < -0.39 is 10.0 Å². The molecule has 0 aliphatic carbocycles. The summed E-state index contributed by atoms with van der Waals surface area (Å²) in [6, 6.07) is 9.40. The number of benzene rings is 2. The molecule has 0 spiro atoms. The molecule has 26 heavy (non-hydrogen) atoms. The molecular formula is C18H20N2O5S. The number of nitrogens with zero attached hydrogens (tertiary/aromatic N) is 1. The number of hydrogen-bond donors (Lipinski definition) is 1. The second kappa shape index (κ2) is 6.87. The van der Waals surface area contributed by atoms with E-state index in [2.05, 4.69) is 4.72 Å². The van der Waals surface area contributed by atoms with E-state index in [-0.39, 0.29) is 10.8 Å². The maximum Gasteiger partial charge on any atom is 0.262 e. The number of likely N-dealkylation sites (N-methyl/N-ethyl adjacent to an activating group) is 1. The van der Waals surface area contributed by atoms with Gasteiger partial charge in [0.1, 0.15) is 18.1 Å². The first-order valence-electron chi connectivity index (χ1n) is 8.01. The highest BCUT2D eigenvalue weighted by Crippen LogP contribution is 2.28. The number of carbonyl (C=O) groups excluding carboxylic acids is 1. The fourth-order valence-electron chi connectivity index (χ4n) is 2.75. The molecule has 3 rings (SSSR count). The number of nitrogens with one attached hydrogen (secondary N) is 1. The monoisotopic (exact) mass is 376 g/mol. The fourth-order valence-corrected chi connectivity index (χ4v) is 4.02. The average molecular weight is 376 g/mol. The smallest absolute Gasteiger partial charge is 0.262 e. The van der Waals surface area contributed by atoms with Gasteiger partial charge in [0, 0.05) is 12.7 Å². The molecule has 0 aromatic heterocycles. The Morgan fingerprint density at radius 1 is 1.19 bits per heavy atom. The lowest BCUT2D eigenvalue weighted by Crippen LogP contribution is -2.27. The molecule has 0 saturated heterocycles. The summed E-state index contributed by atoms with van der Waals surface area (Å²) in [5.74, 6) is 0.819. The van der Waals surface area contributed by atoms with E-state index in [9.17, 15) is 13.2 Å². The predicted molar refractivity (Wildman–Crippen MR) is 97.4 cm³/mol. The Morgan fingerprint density at radius 2 is 1.96 bits per heavy atom. The van der Waals surface area contributed by atoms with E-state index in [0.29, 0.717) is 41.5 Å². The zero-order valence-corrected chi connectivity index (χ0v) is 15.6. The molecule has 8 heteroatoms. The van der Waals surface area contributed by atoms with Crippen molar-refractivity contribution >= 4 is 21.6 Å². The van der Waals surface area contributed by atoms with E-state index in [0.717, 1.165) is 0 Å².